The van der Waals surface area contributed by atoms with Crippen LogP contribution in [0, 0.1) is 17.0 Å². The highest BCUT2D eigenvalue weighted by Crippen LogP contribution is 2.30. The maximum atomic E-state index is 10.7. The van der Waals surface area contributed by atoms with E-state index in [0.29, 0.717) is 5.02 Å². The molecular formula is C12H17ClN2O3. The van der Waals surface area contributed by atoms with Crippen molar-refractivity contribution in [3.8, 4) is 0 Å². The maximum Gasteiger partial charge on any atom is 0.271 e. The number of methoxy groups -OCH3 is 1. The number of benzene rings is 1. The lowest BCUT2D eigenvalue weighted by atomic mass is 10.1. The lowest BCUT2D eigenvalue weighted by Crippen LogP contribution is -2.05. The van der Waals surface area contributed by atoms with E-state index in [1.807, 2.05) is 0 Å². The van der Waals surface area contributed by atoms with Crippen LogP contribution in [0.15, 0.2) is 12.1 Å². The number of aryl methyl sites for hydroxylation is 1. The number of nitrogens with one attached hydrogen (secondary N) is 1. The lowest BCUT2D eigenvalue weighted by Gasteiger charge is -2.11. The second kappa shape index (κ2) is 7.18. The van der Waals surface area contributed by atoms with E-state index in [-0.39, 0.29) is 5.69 Å². The maximum absolute atomic E-state index is 10.7. The van der Waals surface area contributed by atoms with Gasteiger partial charge in [0.2, 0.25) is 0 Å². The minimum absolute atomic E-state index is 0.0161. The molecular weight excluding hydrogens is 256 g/mol. The van der Waals surface area contributed by atoms with Crippen LogP contribution in [0.2, 0.25) is 5.02 Å². The number of rotatable bonds is 7. The molecule has 0 fully saturated rings. The average Bonchev–Trinajstić information content (AvgIpc) is 2.31. The molecule has 0 radical (unpaired) electrons. The van der Waals surface area contributed by atoms with Crippen LogP contribution in [0.4, 0.5) is 11.4 Å². The van der Waals surface area contributed by atoms with Crippen molar-refractivity contribution >= 4 is 23.0 Å². The molecule has 6 heteroatoms. The third-order valence-electron chi connectivity index (χ3n) is 2.56. The standard InChI is InChI=1S/C12H17ClN2O3/c1-9-7-10(15(16)17)8-11(13)12(9)14-5-3-4-6-18-2/h7-8,14H,3-6H2,1-2H3. The zero-order valence-electron chi connectivity index (χ0n) is 10.5. The fourth-order valence-electron chi connectivity index (χ4n) is 1.64. The van der Waals surface area contributed by atoms with Gasteiger partial charge in [0, 0.05) is 32.4 Å². The topological polar surface area (TPSA) is 64.4 Å². The number of halogens is 1. The number of nitro groups is 1. The number of hydrogen-bond acceptors (Lipinski definition) is 4. The highest BCUT2D eigenvalue weighted by molar-refractivity contribution is 6.33. The van der Waals surface area contributed by atoms with Crippen molar-refractivity contribution in [1.29, 1.82) is 0 Å². The molecule has 0 heterocycles. The second-order valence-corrected chi connectivity index (χ2v) is 4.41. The first-order valence-electron chi connectivity index (χ1n) is 5.73. The Morgan fingerprint density at radius 2 is 2.17 bits per heavy atom. The van der Waals surface area contributed by atoms with Crippen molar-refractivity contribution in [3.63, 3.8) is 0 Å². The van der Waals surface area contributed by atoms with Crippen molar-refractivity contribution in [2.45, 2.75) is 19.8 Å². The molecule has 0 unspecified atom stereocenters. The van der Waals surface area contributed by atoms with Gasteiger partial charge in [0.15, 0.2) is 0 Å². The van der Waals surface area contributed by atoms with Gasteiger partial charge in [-0.1, -0.05) is 11.6 Å². The van der Waals surface area contributed by atoms with Gasteiger partial charge in [-0.05, 0) is 25.3 Å². The van der Waals surface area contributed by atoms with Crippen LogP contribution in [-0.4, -0.2) is 25.2 Å². The van der Waals surface area contributed by atoms with Crippen molar-refractivity contribution in [3.05, 3.63) is 32.8 Å². The fourth-order valence-corrected chi connectivity index (χ4v) is 1.97. The molecule has 0 aromatic heterocycles. The molecule has 1 aromatic rings. The summed E-state index contributed by atoms with van der Waals surface area (Å²) in [5, 5.41) is 14.2. The van der Waals surface area contributed by atoms with E-state index in [4.69, 9.17) is 16.3 Å². The zero-order chi connectivity index (χ0) is 13.5. The summed E-state index contributed by atoms with van der Waals surface area (Å²) in [4.78, 5) is 10.2. The Labute approximate surface area is 111 Å². The summed E-state index contributed by atoms with van der Waals surface area (Å²) < 4.78 is 4.95. The predicted octanol–water partition coefficient (Wildman–Crippen LogP) is 3.40. The monoisotopic (exact) mass is 272 g/mol. The van der Waals surface area contributed by atoms with Gasteiger partial charge >= 0.3 is 0 Å². The van der Waals surface area contributed by atoms with Crippen LogP contribution in [0.5, 0.6) is 0 Å². The smallest absolute Gasteiger partial charge is 0.271 e. The molecule has 100 valence electrons. The number of hydrogen-bond donors (Lipinski definition) is 1. The lowest BCUT2D eigenvalue weighted by molar-refractivity contribution is -0.384. The fraction of sp³-hybridized carbons (Fsp3) is 0.500. The Hall–Kier alpha value is -1.33. The highest BCUT2D eigenvalue weighted by atomic mass is 35.5. The molecule has 0 saturated heterocycles. The van der Waals surface area contributed by atoms with Crippen LogP contribution in [-0.2, 0) is 4.74 Å². The van der Waals surface area contributed by atoms with Crippen LogP contribution >= 0.6 is 11.6 Å². The Bertz CT molecular complexity index is 401. The van der Waals surface area contributed by atoms with Crippen LogP contribution in [0.3, 0.4) is 0 Å². The van der Waals surface area contributed by atoms with Gasteiger partial charge in [-0.2, -0.15) is 0 Å². The number of nitro benzene ring substituents is 1. The molecule has 1 rings (SSSR count). The summed E-state index contributed by atoms with van der Waals surface area (Å²) in [5.74, 6) is 0. The number of non-ortho nitro benzene ring substituents is 1. The van der Waals surface area contributed by atoms with Gasteiger partial charge in [-0.15, -0.1) is 0 Å². The van der Waals surface area contributed by atoms with Crippen molar-refractivity contribution in [2.75, 3.05) is 25.6 Å². The van der Waals surface area contributed by atoms with E-state index in [9.17, 15) is 10.1 Å². The summed E-state index contributed by atoms with van der Waals surface area (Å²) >= 11 is 6.03. The number of nitrogens with zero attached hydrogens (tertiary/aromatic N) is 1. The molecule has 1 N–H and O–H groups in total. The summed E-state index contributed by atoms with van der Waals surface area (Å²) in [6, 6.07) is 2.88. The first-order chi connectivity index (χ1) is 8.56. The molecule has 0 amide bonds. The minimum Gasteiger partial charge on any atom is -0.385 e. The third kappa shape index (κ3) is 4.16. The number of unbranched alkanes of at least 4 members (excludes halogenated alkanes) is 1. The van der Waals surface area contributed by atoms with Crippen LogP contribution in [0.25, 0.3) is 0 Å². The van der Waals surface area contributed by atoms with Gasteiger partial charge in [-0.3, -0.25) is 10.1 Å². The van der Waals surface area contributed by atoms with Gasteiger partial charge in [-0.25, -0.2) is 0 Å². The van der Waals surface area contributed by atoms with E-state index < -0.39 is 4.92 Å². The Balaban J connectivity index is 2.63. The number of anilines is 1. The predicted molar refractivity (Wildman–Crippen MR) is 72.4 cm³/mol. The highest BCUT2D eigenvalue weighted by Gasteiger charge is 2.12. The van der Waals surface area contributed by atoms with Gasteiger partial charge < -0.3 is 10.1 Å². The van der Waals surface area contributed by atoms with Gasteiger partial charge in [0.05, 0.1) is 15.6 Å². The Morgan fingerprint density at radius 3 is 2.72 bits per heavy atom. The van der Waals surface area contributed by atoms with E-state index >= 15 is 0 Å². The van der Waals surface area contributed by atoms with Crippen molar-refractivity contribution in [2.24, 2.45) is 0 Å². The minimum atomic E-state index is -0.443. The first kappa shape index (κ1) is 14.7. The first-order valence-corrected chi connectivity index (χ1v) is 6.11. The van der Waals surface area contributed by atoms with Crippen molar-refractivity contribution in [1.82, 2.24) is 0 Å². The van der Waals surface area contributed by atoms with E-state index in [0.717, 1.165) is 37.2 Å². The summed E-state index contributed by atoms with van der Waals surface area (Å²) in [6.07, 6.45) is 1.92. The molecule has 0 aliphatic carbocycles. The molecule has 0 bridgehead atoms. The van der Waals surface area contributed by atoms with Crippen LogP contribution in [0.1, 0.15) is 18.4 Å². The third-order valence-corrected chi connectivity index (χ3v) is 2.86. The average molecular weight is 273 g/mol. The Kier molecular flexibility index (Phi) is 5.88. The number of ether oxygens (including phenoxy) is 1. The summed E-state index contributed by atoms with van der Waals surface area (Å²) in [5.41, 5.74) is 1.56. The molecule has 0 aliphatic rings. The van der Waals surface area contributed by atoms with E-state index in [1.54, 1.807) is 14.0 Å². The SMILES string of the molecule is COCCCCNc1c(C)cc([N+](=O)[O-])cc1Cl. The summed E-state index contributed by atoms with van der Waals surface area (Å²) in [7, 11) is 1.67. The second-order valence-electron chi connectivity index (χ2n) is 4.00. The molecule has 0 saturated carbocycles. The molecule has 18 heavy (non-hydrogen) atoms. The Morgan fingerprint density at radius 1 is 1.44 bits per heavy atom. The molecule has 5 nitrogen and oxygen atoms in total. The zero-order valence-corrected chi connectivity index (χ0v) is 11.3. The van der Waals surface area contributed by atoms with Gasteiger partial charge in [0.1, 0.15) is 0 Å². The van der Waals surface area contributed by atoms with E-state index in [2.05, 4.69) is 5.32 Å². The van der Waals surface area contributed by atoms with Crippen LogP contribution < -0.4 is 5.32 Å². The molecule has 0 spiro atoms. The van der Waals surface area contributed by atoms with Gasteiger partial charge in [0.25, 0.3) is 5.69 Å². The van der Waals surface area contributed by atoms with E-state index in [1.165, 1.54) is 12.1 Å². The van der Waals surface area contributed by atoms with Crippen molar-refractivity contribution < 1.29 is 9.66 Å². The molecule has 0 aliphatic heterocycles. The molecule has 1 aromatic carbocycles. The molecule has 0 atom stereocenters. The quantitative estimate of drug-likeness (QED) is 0.469. The normalized spacial score (nSPS) is 10.4. The largest absolute Gasteiger partial charge is 0.385 e. The summed E-state index contributed by atoms with van der Waals surface area (Å²) in [6.45, 7) is 3.30.